The van der Waals surface area contributed by atoms with Crippen LogP contribution in [0.15, 0.2) is 0 Å². The molecular formula is C12H27N. The lowest BCUT2D eigenvalue weighted by Crippen LogP contribution is -2.26. The first-order valence-corrected chi connectivity index (χ1v) is 5.85. The van der Waals surface area contributed by atoms with Crippen molar-refractivity contribution in [3.05, 3.63) is 0 Å². The molecule has 0 saturated carbocycles. The first-order valence-electron chi connectivity index (χ1n) is 5.85. The highest BCUT2D eigenvalue weighted by Gasteiger charge is 2.12. The first-order chi connectivity index (χ1) is 6.11. The summed E-state index contributed by atoms with van der Waals surface area (Å²) in [6.07, 6.45) is 3.99. The molecule has 0 aromatic carbocycles. The molecule has 1 heteroatoms. The van der Waals surface area contributed by atoms with Crippen molar-refractivity contribution in [1.29, 1.82) is 0 Å². The Morgan fingerprint density at radius 2 is 1.54 bits per heavy atom. The van der Waals surface area contributed by atoms with Crippen LogP contribution in [-0.2, 0) is 0 Å². The SMILES string of the molecule is CCC(CC)C(C)CCNC(C)C. The molecule has 0 heterocycles. The highest BCUT2D eigenvalue weighted by molar-refractivity contribution is 4.65. The minimum absolute atomic E-state index is 0.633. The van der Waals surface area contributed by atoms with Crippen molar-refractivity contribution in [3.63, 3.8) is 0 Å². The van der Waals surface area contributed by atoms with Crippen molar-refractivity contribution in [2.45, 2.75) is 59.9 Å². The van der Waals surface area contributed by atoms with Gasteiger partial charge in [-0.3, -0.25) is 0 Å². The molecule has 13 heavy (non-hydrogen) atoms. The van der Waals surface area contributed by atoms with E-state index in [-0.39, 0.29) is 0 Å². The summed E-state index contributed by atoms with van der Waals surface area (Å²) in [5.74, 6) is 1.80. The fraction of sp³-hybridized carbons (Fsp3) is 1.00. The third-order valence-corrected chi connectivity index (χ3v) is 3.01. The molecule has 0 radical (unpaired) electrons. The van der Waals surface area contributed by atoms with Crippen molar-refractivity contribution in [2.24, 2.45) is 11.8 Å². The van der Waals surface area contributed by atoms with Crippen molar-refractivity contribution in [1.82, 2.24) is 5.32 Å². The molecule has 0 aliphatic heterocycles. The Hall–Kier alpha value is -0.0400. The van der Waals surface area contributed by atoms with E-state index in [1.807, 2.05) is 0 Å². The molecule has 0 saturated heterocycles. The van der Waals surface area contributed by atoms with E-state index < -0.39 is 0 Å². The Balaban J connectivity index is 3.53. The summed E-state index contributed by atoms with van der Waals surface area (Å²) in [7, 11) is 0. The Labute approximate surface area is 84.3 Å². The quantitative estimate of drug-likeness (QED) is 0.640. The highest BCUT2D eigenvalue weighted by Crippen LogP contribution is 2.21. The Morgan fingerprint density at radius 3 is 1.92 bits per heavy atom. The molecule has 0 fully saturated rings. The maximum absolute atomic E-state index is 3.48. The Kier molecular flexibility index (Phi) is 7.35. The molecule has 0 bridgehead atoms. The molecule has 0 aromatic heterocycles. The first kappa shape index (κ1) is 13.0. The predicted octanol–water partition coefficient (Wildman–Crippen LogP) is 3.45. The molecular weight excluding hydrogens is 158 g/mol. The van der Waals surface area contributed by atoms with Crippen LogP contribution in [0.5, 0.6) is 0 Å². The molecule has 0 aliphatic rings. The van der Waals surface area contributed by atoms with E-state index in [0.717, 1.165) is 11.8 Å². The summed E-state index contributed by atoms with van der Waals surface area (Å²) in [6.45, 7) is 12.6. The molecule has 0 spiro atoms. The second kappa shape index (κ2) is 7.37. The van der Waals surface area contributed by atoms with Crippen LogP contribution in [0, 0.1) is 11.8 Å². The van der Waals surface area contributed by atoms with Gasteiger partial charge in [-0.2, -0.15) is 0 Å². The standard InChI is InChI=1S/C12H27N/c1-6-12(7-2)11(5)8-9-13-10(3)4/h10-13H,6-9H2,1-5H3. The van der Waals surface area contributed by atoms with Crippen LogP contribution < -0.4 is 5.32 Å². The average Bonchev–Trinajstić information content (AvgIpc) is 2.05. The smallest absolute Gasteiger partial charge is 0.00103 e. The van der Waals surface area contributed by atoms with Gasteiger partial charge in [0.15, 0.2) is 0 Å². The second-order valence-electron chi connectivity index (χ2n) is 4.45. The van der Waals surface area contributed by atoms with E-state index in [1.165, 1.54) is 25.8 Å². The number of nitrogens with one attached hydrogen (secondary N) is 1. The van der Waals surface area contributed by atoms with Gasteiger partial charge in [0, 0.05) is 6.04 Å². The summed E-state index contributed by atoms with van der Waals surface area (Å²) in [4.78, 5) is 0. The second-order valence-corrected chi connectivity index (χ2v) is 4.45. The lowest BCUT2D eigenvalue weighted by molar-refractivity contribution is 0.312. The van der Waals surface area contributed by atoms with Gasteiger partial charge in [-0.05, 0) is 24.8 Å². The van der Waals surface area contributed by atoms with Gasteiger partial charge in [-0.25, -0.2) is 0 Å². The third-order valence-electron chi connectivity index (χ3n) is 3.01. The van der Waals surface area contributed by atoms with Crippen molar-refractivity contribution < 1.29 is 0 Å². The molecule has 0 amide bonds. The Bertz CT molecular complexity index is 106. The van der Waals surface area contributed by atoms with Crippen LogP contribution in [0.25, 0.3) is 0 Å². The van der Waals surface area contributed by atoms with Gasteiger partial charge in [0.1, 0.15) is 0 Å². The van der Waals surface area contributed by atoms with Crippen molar-refractivity contribution >= 4 is 0 Å². The summed E-state index contributed by atoms with van der Waals surface area (Å²) in [6, 6.07) is 0.633. The molecule has 80 valence electrons. The molecule has 0 aliphatic carbocycles. The van der Waals surface area contributed by atoms with Gasteiger partial charge < -0.3 is 5.32 Å². The van der Waals surface area contributed by atoms with Crippen LogP contribution in [0.3, 0.4) is 0 Å². The van der Waals surface area contributed by atoms with Crippen molar-refractivity contribution in [3.8, 4) is 0 Å². The van der Waals surface area contributed by atoms with Gasteiger partial charge in [0.05, 0.1) is 0 Å². The van der Waals surface area contributed by atoms with E-state index in [9.17, 15) is 0 Å². The van der Waals surface area contributed by atoms with Crippen LogP contribution in [0.2, 0.25) is 0 Å². The zero-order valence-corrected chi connectivity index (χ0v) is 10.1. The molecule has 0 rings (SSSR count). The van der Waals surface area contributed by atoms with E-state index in [1.54, 1.807) is 0 Å². The minimum Gasteiger partial charge on any atom is -0.315 e. The molecule has 1 unspecified atom stereocenters. The lowest BCUT2D eigenvalue weighted by atomic mass is 9.87. The summed E-state index contributed by atoms with van der Waals surface area (Å²) >= 11 is 0. The number of hydrogen-bond donors (Lipinski definition) is 1. The van der Waals surface area contributed by atoms with E-state index in [0.29, 0.717) is 6.04 Å². The lowest BCUT2D eigenvalue weighted by Gasteiger charge is -2.21. The van der Waals surface area contributed by atoms with Gasteiger partial charge in [0.25, 0.3) is 0 Å². The largest absolute Gasteiger partial charge is 0.315 e. The van der Waals surface area contributed by atoms with Crippen LogP contribution in [-0.4, -0.2) is 12.6 Å². The third kappa shape index (κ3) is 6.09. The predicted molar refractivity (Wildman–Crippen MR) is 61.0 cm³/mol. The highest BCUT2D eigenvalue weighted by atomic mass is 14.9. The maximum atomic E-state index is 3.48. The van der Waals surface area contributed by atoms with Gasteiger partial charge >= 0.3 is 0 Å². The monoisotopic (exact) mass is 185 g/mol. The zero-order valence-electron chi connectivity index (χ0n) is 10.1. The van der Waals surface area contributed by atoms with Crippen LogP contribution in [0.4, 0.5) is 0 Å². The topological polar surface area (TPSA) is 12.0 Å². The Morgan fingerprint density at radius 1 is 1.00 bits per heavy atom. The molecule has 1 atom stereocenters. The zero-order chi connectivity index (χ0) is 10.3. The average molecular weight is 185 g/mol. The number of hydrogen-bond acceptors (Lipinski definition) is 1. The summed E-state index contributed by atoms with van der Waals surface area (Å²) < 4.78 is 0. The fourth-order valence-electron chi connectivity index (χ4n) is 1.93. The summed E-state index contributed by atoms with van der Waals surface area (Å²) in [5, 5.41) is 3.48. The molecule has 1 N–H and O–H groups in total. The van der Waals surface area contributed by atoms with Gasteiger partial charge in [0.2, 0.25) is 0 Å². The maximum Gasteiger partial charge on any atom is 0.00103 e. The van der Waals surface area contributed by atoms with E-state index in [2.05, 4.69) is 39.9 Å². The van der Waals surface area contributed by atoms with E-state index >= 15 is 0 Å². The summed E-state index contributed by atoms with van der Waals surface area (Å²) in [5.41, 5.74) is 0. The van der Waals surface area contributed by atoms with Crippen molar-refractivity contribution in [2.75, 3.05) is 6.54 Å². The van der Waals surface area contributed by atoms with E-state index in [4.69, 9.17) is 0 Å². The van der Waals surface area contributed by atoms with Crippen LogP contribution in [0.1, 0.15) is 53.9 Å². The number of rotatable bonds is 7. The molecule has 1 nitrogen and oxygen atoms in total. The minimum atomic E-state index is 0.633. The van der Waals surface area contributed by atoms with Crippen LogP contribution >= 0.6 is 0 Å². The van der Waals surface area contributed by atoms with Gasteiger partial charge in [-0.15, -0.1) is 0 Å². The fourth-order valence-corrected chi connectivity index (χ4v) is 1.93. The molecule has 0 aromatic rings. The normalized spacial score (nSPS) is 14.1. The van der Waals surface area contributed by atoms with Gasteiger partial charge in [-0.1, -0.05) is 47.5 Å².